The van der Waals surface area contributed by atoms with Crippen molar-refractivity contribution in [3.05, 3.63) is 70.7 Å². The first-order chi connectivity index (χ1) is 13.7. The summed E-state index contributed by atoms with van der Waals surface area (Å²) in [5.41, 5.74) is -0.219. The first-order valence-corrected chi connectivity index (χ1v) is 9.43. The monoisotopic (exact) mass is 416 g/mol. The van der Waals surface area contributed by atoms with Crippen LogP contribution in [0, 0.1) is 28.6 Å². The van der Waals surface area contributed by atoms with Crippen LogP contribution in [-0.4, -0.2) is 5.97 Å². The number of allylic oxidation sites excluding steroid dienone is 1. The van der Waals surface area contributed by atoms with Crippen LogP contribution in [0.1, 0.15) is 26.9 Å². The van der Waals surface area contributed by atoms with Crippen LogP contribution < -0.4 is 4.74 Å². The molecule has 1 aliphatic carbocycles. The molecule has 0 amide bonds. The number of carbonyl (C=O) groups excluding carboxylic acids is 1. The molecule has 2 aromatic carbocycles. The topological polar surface area (TPSA) is 59.3 Å². The lowest BCUT2D eigenvalue weighted by molar-refractivity contribution is -0.149. The van der Waals surface area contributed by atoms with E-state index in [1.807, 2.05) is 32.0 Å². The first-order valence-electron chi connectivity index (χ1n) is 9.18. The molecule has 0 spiro atoms. The molecule has 2 aromatic rings. The van der Waals surface area contributed by atoms with Gasteiger partial charge >= 0.3 is 5.97 Å². The maximum atomic E-state index is 12.7. The minimum atomic E-state index is -2.20. The van der Waals surface area contributed by atoms with Crippen molar-refractivity contribution in [1.82, 2.24) is 0 Å². The van der Waals surface area contributed by atoms with Crippen LogP contribution in [0.5, 0.6) is 11.5 Å². The van der Waals surface area contributed by atoms with Crippen LogP contribution in [-0.2, 0) is 9.53 Å². The van der Waals surface area contributed by atoms with Gasteiger partial charge in [0, 0.05) is 5.56 Å². The van der Waals surface area contributed by atoms with E-state index >= 15 is 0 Å². The molecule has 6 heteroatoms. The normalized spacial score (nSPS) is 22.0. The van der Waals surface area contributed by atoms with Gasteiger partial charge in [-0.2, -0.15) is 5.26 Å². The average molecular weight is 417 g/mol. The summed E-state index contributed by atoms with van der Waals surface area (Å²) in [4.78, 5) is 12.7. The molecule has 0 bridgehead atoms. The minimum absolute atomic E-state index is 0.0709. The Hall–Kier alpha value is -2.48. The van der Waals surface area contributed by atoms with Crippen molar-refractivity contribution >= 4 is 29.2 Å². The molecule has 28 heavy (non-hydrogen) atoms. The van der Waals surface area contributed by atoms with Gasteiger partial charge in [0.1, 0.15) is 22.1 Å². The molecule has 3 rings (SSSR count). The molecule has 1 saturated carbocycles. The van der Waals surface area contributed by atoms with Crippen LogP contribution in [0.4, 0.5) is 0 Å². The van der Waals surface area contributed by atoms with Crippen molar-refractivity contribution in [2.75, 3.05) is 0 Å². The number of para-hydroxylation sites is 1. The zero-order chi connectivity index (χ0) is 21.2. The first kappa shape index (κ1) is 18.9. The highest BCUT2D eigenvalue weighted by Crippen LogP contribution is 2.60. The van der Waals surface area contributed by atoms with Crippen molar-refractivity contribution in [2.24, 2.45) is 17.3 Å². The van der Waals surface area contributed by atoms with Crippen molar-refractivity contribution in [2.45, 2.75) is 19.9 Å². The number of nitriles is 1. The Morgan fingerprint density at radius 3 is 2.54 bits per heavy atom. The summed E-state index contributed by atoms with van der Waals surface area (Å²) in [6.07, 6.45) is -0.619. The number of esters is 1. The second kappa shape index (κ2) is 8.26. The van der Waals surface area contributed by atoms with Gasteiger partial charge in [-0.15, -0.1) is 0 Å². The maximum absolute atomic E-state index is 12.7. The van der Waals surface area contributed by atoms with E-state index in [0.29, 0.717) is 11.5 Å². The van der Waals surface area contributed by atoms with Crippen molar-refractivity contribution in [1.29, 1.82) is 5.26 Å². The molecule has 3 unspecified atom stereocenters. The van der Waals surface area contributed by atoms with Gasteiger partial charge in [0.25, 0.3) is 0 Å². The largest absolute Gasteiger partial charge is 0.457 e. The molecule has 0 aromatic heterocycles. The quantitative estimate of drug-likeness (QED) is 0.527. The second-order valence-electron chi connectivity index (χ2n) is 7.09. The van der Waals surface area contributed by atoms with Gasteiger partial charge in [0.05, 0.1) is 7.29 Å². The number of halogens is 2. The third kappa shape index (κ3) is 4.49. The molecular weight excluding hydrogens is 397 g/mol. The molecule has 1 fully saturated rings. The molecular formula is C22H19Cl2NO3. The smallest absolute Gasteiger partial charge is 0.311 e. The van der Waals surface area contributed by atoms with Crippen LogP contribution in [0.3, 0.4) is 0 Å². The fraction of sp³-hybridized carbons (Fsp3) is 0.273. The Labute approximate surface area is 175 Å². The van der Waals surface area contributed by atoms with E-state index in [1.54, 1.807) is 42.5 Å². The number of hydrogen-bond acceptors (Lipinski definition) is 4. The molecule has 0 heterocycles. The molecule has 3 atom stereocenters. The van der Waals surface area contributed by atoms with Gasteiger partial charge in [-0.3, -0.25) is 4.79 Å². The average Bonchev–Trinajstić information content (AvgIpc) is 3.22. The fourth-order valence-electron chi connectivity index (χ4n) is 3.21. The summed E-state index contributed by atoms with van der Waals surface area (Å²) in [7, 11) is 0. The highest BCUT2D eigenvalue weighted by atomic mass is 35.5. The number of benzene rings is 2. The molecule has 144 valence electrons. The van der Waals surface area contributed by atoms with Gasteiger partial charge in [-0.05, 0) is 41.7 Å². The molecule has 0 N–H and O–H groups in total. The van der Waals surface area contributed by atoms with Crippen molar-refractivity contribution in [3.8, 4) is 17.6 Å². The number of nitrogens with zero attached hydrogens (tertiary/aromatic N) is 1. The molecule has 4 nitrogen and oxygen atoms in total. The third-order valence-electron chi connectivity index (χ3n) is 4.85. The van der Waals surface area contributed by atoms with Crippen molar-refractivity contribution < 1.29 is 15.6 Å². The fourth-order valence-corrected chi connectivity index (χ4v) is 3.48. The second-order valence-corrected chi connectivity index (χ2v) is 8.09. The molecule has 0 radical (unpaired) electrons. The summed E-state index contributed by atoms with van der Waals surface area (Å²) in [6, 6.07) is 17.3. The van der Waals surface area contributed by atoms with E-state index in [2.05, 4.69) is 0 Å². The van der Waals surface area contributed by atoms with Gasteiger partial charge in [0.15, 0.2) is 0 Å². The van der Waals surface area contributed by atoms with Crippen molar-refractivity contribution in [3.63, 3.8) is 0 Å². The summed E-state index contributed by atoms with van der Waals surface area (Å²) in [5.74, 6) is -0.344. The minimum Gasteiger partial charge on any atom is -0.457 e. The zero-order valence-electron chi connectivity index (χ0n) is 16.4. The Morgan fingerprint density at radius 2 is 1.89 bits per heavy atom. The molecule has 1 aliphatic rings. The van der Waals surface area contributed by atoms with E-state index in [1.165, 1.54) is 6.07 Å². The predicted molar refractivity (Wildman–Crippen MR) is 108 cm³/mol. The maximum Gasteiger partial charge on any atom is 0.311 e. The standard InChI is InChI=1S/C22H19Cl2NO3/c1-22(2)17(12-19(23)24)20(22)21(26)28-18(13-25)14-7-6-10-16(11-14)27-15-8-4-3-5-9-15/h3-12,17-18,20H,1-2H3/i18D. The number of ether oxygens (including phenoxy) is 2. The van der Waals surface area contributed by atoms with Crippen LogP contribution in [0.15, 0.2) is 65.2 Å². The number of carbonyl (C=O) groups is 1. The Bertz CT molecular complexity index is 983. The lowest BCUT2D eigenvalue weighted by Gasteiger charge is -2.13. The molecule has 0 saturated heterocycles. The van der Waals surface area contributed by atoms with Gasteiger partial charge in [0.2, 0.25) is 6.08 Å². The van der Waals surface area contributed by atoms with E-state index in [9.17, 15) is 10.1 Å². The lowest BCUT2D eigenvalue weighted by atomic mass is 10.1. The summed E-state index contributed by atoms with van der Waals surface area (Å²) in [5, 5.41) is 9.60. The Kier molecular flexibility index (Phi) is 5.57. The Morgan fingerprint density at radius 1 is 1.21 bits per heavy atom. The van der Waals surface area contributed by atoms with Gasteiger partial charge in [-0.1, -0.05) is 67.4 Å². The summed E-state index contributed by atoms with van der Waals surface area (Å²) < 4.78 is 19.6. The van der Waals surface area contributed by atoms with Crippen LogP contribution >= 0.6 is 23.2 Å². The van der Waals surface area contributed by atoms with E-state index in [-0.39, 0.29) is 16.0 Å². The predicted octanol–water partition coefficient (Wildman–Crippen LogP) is 6.18. The van der Waals surface area contributed by atoms with E-state index in [4.69, 9.17) is 34.0 Å². The van der Waals surface area contributed by atoms with E-state index < -0.39 is 23.4 Å². The van der Waals surface area contributed by atoms with Crippen LogP contribution in [0.25, 0.3) is 0 Å². The summed E-state index contributed by atoms with van der Waals surface area (Å²) >= 11 is 11.4. The lowest BCUT2D eigenvalue weighted by Crippen LogP contribution is -2.14. The van der Waals surface area contributed by atoms with Crippen LogP contribution in [0.2, 0.25) is 0 Å². The molecule has 0 aliphatic heterocycles. The highest BCUT2D eigenvalue weighted by molar-refractivity contribution is 6.55. The SMILES string of the molecule is [2H]C(C#N)(OC(=O)C1C(C=C(Cl)Cl)C1(C)C)c1cccc(Oc2ccccc2)c1. The van der Waals surface area contributed by atoms with E-state index in [0.717, 1.165) is 0 Å². The van der Waals surface area contributed by atoms with Gasteiger partial charge < -0.3 is 9.47 Å². The third-order valence-corrected chi connectivity index (χ3v) is 5.10. The number of rotatable bonds is 6. The Balaban J connectivity index is 1.80. The zero-order valence-corrected chi connectivity index (χ0v) is 16.9. The highest BCUT2D eigenvalue weighted by Gasteiger charge is 2.62. The van der Waals surface area contributed by atoms with Gasteiger partial charge in [-0.25, -0.2) is 0 Å². The summed E-state index contributed by atoms with van der Waals surface area (Å²) in [6.45, 7) is 3.76. The number of hydrogen-bond donors (Lipinski definition) is 0.